The number of ether oxygens (including phenoxy) is 24. The Hall–Kier alpha value is -2.53. The Morgan fingerprint density at radius 1 is 0.225 bits per heavy atom. The number of hydrogen-bond donors (Lipinski definition) is 31. The molecule has 0 saturated carbocycles. The molecule has 12 aliphatic rings. The molecule has 60 atom stereocenters. The molecule has 0 aliphatic carbocycles. The van der Waals surface area contributed by atoms with Crippen LogP contribution in [0.1, 0.15) is 88.0 Å². The fourth-order valence-corrected chi connectivity index (χ4v) is 18.7. The molecule has 0 aromatic rings. The van der Waals surface area contributed by atoms with Gasteiger partial charge in [0.2, 0.25) is 0 Å². The first-order chi connectivity index (χ1) is 65.1. The maximum absolute atomic E-state index is 13.1. The third-order valence-electron chi connectivity index (χ3n) is 27.6. The number of hydrogen-bond acceptors (Lipinski definition) is 56. The van der Waals surface area contributed by atoms with Gasteiger partial charge in [0.05, 0.1) is 101 Å². The van der Waals surface area contributed by atoms with Crippen LogP contribution in [0.4, 0.5) is 0 Å². The van der Waals surface area contributed by atoms with E-state index >= 15 is 0 Å². The minimum atomic E-state index is -3.28. The molecule has 12 rings (SSSR count). The number of rotatable bonds is 36. The maximum Gasteiger partial charge on any atom is 0.289 e. The smallest absolute Gasteiger partial charge is 0.289 e. The Balaban J connectivity index is 0.881. The number of Topliss-reactive ketones (excluding diaryl/α,β-unsaturated/α-hetero) is 1. The van der Waals surface area contributed by atoms with Crippen LogP contribution in [0.2, 0.25) is 0 Å². The van der Waals surface area contributed by atoms with Gasteiger partial charge in [-0.2, -0.15) is 0 Å². The summed E-state index contributed by atoms with van der Waals surface area (Å²) in [4.78, 5) is 13.1. The second-order valence-electron chi connectivity index (χ2n) is 37.4. The molecule has 12 heterocycles. The van der Waals surface area contributed by atoms with E-state index in [-0.39, 0.29) is 19.3 Å². The Morgan fingerprint density at radius 2 is 0.442 bits per heavy atom. The summed E-state index contributed by atoms with van der Waals surface area (Å²) in [5.74, 6) is -8.15. The van der Waals surface area contributed by atoms with Gasteiger partial charge in [-0.25, -0.2) is 0 Å². The Bertz CT molecular complexity index is 3350. The zero-order valence-electron chi connectivity index (χ0n) is 76.6. The predicted octanol–water partition coefficient (Wildman–Crippen LogP) is -17.4. The normalized spacial score (nSPS) is 52.8. The van der Waals surface area contributed by atoms with Crippen molar-refractivity contribution in [2.45, 2.75) is 444 Å². The molecule has 56 nitrogen and oxygen atoms in total. The van der Waals surface area contributed by atoms with Gasteiger partial charge in [0.15, 0.2) is 75.5 Å². The SMILES string of the molecule is CC1C(O[C@H]2OC(CO)[C@H](O)[C@H](O)C2O[C@@H]2OC(C)[C@H](O)[C@H](O)C2O)[C@H](O)[C@H](CO)O[C@@H]1O[C@@H]1C(O)[C@H](OC(CCCCC(=O)CN)(O[C@@H]2OC(C)[C@H](O)[C@H](O[C@H]3O[C@@H](CO)[C@@H](O)C(O[C@H]4OC(CO)[C@H](O)[C@H](O)C4O[C@@H]4OC(C)[C@H](O)[C@H](O)C4O)C3C)C2O)O[C@@H]2OC(C)[C@H](O)[C@H](O[C@H]3O[C@@H](CO)[C@@H](O)C(O[C@H]4OC(CO)[C@H](O)[C@H](O)C4O[C@@H]4OC(C)[C@H](O)[C@H](O)C4O)C3C)C2O)OC(C)[C@@H]1O. The standard InChI is InChI=1S/C82H141NO55/c1-21-61(127-79-67(52(106)43(97)31(15-84)124-79)133-73-55(109)49(103)37(91)24(4)115-73)46(100)34(18-87)121-70(21)130-64-40(94)27(7)118-76(58(64)112)136-82(13-11-10-12-30(90)14-83,137-77-59(113)65(41(95)28(8)119-77)131-71-22(2)62(47(101)35(19-88)122-71)128-80-68(53(107)44(98)32(16-85)125-80)134-74-56(110)50(104)38(92)25(5)116-74)138-78-60(114)66(42(96)29(9)120-78)132-72-23(3)63(48(102)36(20-89)123-72)129-81-69(54(108)45(99)33(17-86)126-81)135-75-57(111)51(105)39(93)26(6)117-75/h21-29,31-81,84-89,91-114H,10-20,83H2,1-9H3/t21?,22?,23?,24?,25?,26?,27?,28?,29?,31?,32?,33?,34-,35-,36-,37-,38-,39-,40-,41-,42-,43-,44-,45-,46+,47+,48+,49-,50-,51-,52-,53-,54-,55?,56?,57?,58?,59?,60?,61?,62?,63?,64-,65-,66-,67?,68?,69?,70+,71+,72+,73-,74-,75-,76-,77-,78-,79+,80+,81+,82?/m0/s1. The van der Waals surface area contributed by atoms with Crippen molar-refractivity contribution < 1.29 is 272 Å². The molecule has 24 unspecified atom stereocenters. The van der Waals surface area contributed by atoms with E-state index in [1.807, 2.05) is 0 Å². The van der Waals surface area contributed by atoms with Crippen molar-refractivity contribution in [2.24, 2.45) is 23.5 Å². The van der Waals surface area contributed by atoms with E-state index in [1.165, 1.54) is 62.3 Å². The number of aliphatic hydroxyl groups is 30. The highest BCUT2D eigenvalue weighted by molar-refractivity contribution is 5.80. The van der Waals surface area contributed by atoms with Gasteiger partial charge in [0, 0.05) is 30.6 Å². The van der Waals surface area contributed by atoms with Crippen molar-refractivity contribution in [3.05, 3.63) is 0 Å². The lowest BCUT2D eigenvalue weighted by molar-refractivity contribution is -0.512. The van der Waals surface area contributed by atoms with E-state index < -0.39 is 432 Å². The van der Waals surface area contributed by atoms with Gasteiger partial charge in [0.1, 0.15) is 226 Å². The summed E-state index contributed by atoms with van der Waals surface area (Å²) in [6.07, 6.45) is -111. The molecule has 0 radical (unpaired) electrons. The van der Waals surface area contributed by atoms with E-state index in [1.54, 1.807) is 0 Å². The number of carbonyl (C=O) groups excluding carboxylic acids is 1. The number of nitrogens with two attached hydrogens (primary N) is 1. The molecule has 0 spiro atoms. The van der Waals surface area contributed by atoms with E-state index in [4.69, 9.17) is 119 Å². The molecule has 12 fully saturated rings. The summed E-state index contributed by atoms with van der Waals surface area (Å²) >= 11 is 0. The number of carbonyl (C=O) groups is 1. The van der Waals surface area contributed by atoms with Crippen LogP contribution < -0.4 is 5.73 Å². The first kappa shape index (κ1) is 114. The molecular formula is C82H141NO55. The van der Waals surface area contributed by atoms with Crippen LogP contribution in [0, 0.1) is 17.8 Å². The molecule has 56 heteroatoms. The topological polar surface area (TPSA) is 872 Å². The van der Waals surface area contributed by atoms with E-state index in [2.05, 4.69) is 0 Å². The maximum atomic E-state index is 13.1. The molecule has 32 N–H and O–H groups in total. The average molecular weight is 2020 g/mol. The second kappa shape index (κ2) is 48.8. The van der Waals surface area contributed by atoms with Gasteiger partial charge >= 0.3 is 0 Å². The van der Waals surface area contributed by atoms with E-state index in [9.17, 15) is 158 Å². The van der Waals surface area contributed by atoms with Crippen LogP contribution in [0.5, 0.6) is 0 Å². The fourth-order valence-electron chi connectivity index (χ4n) is 18.7. The predicted molar refractivity (Wildman–Crippen MR) is 435 cm³/mol. The van der Waals surface area contributed by atoms with E-state index in [0.29, 0.717) is 0 Å². The van der Waals surface area contributed by atoms with Crippen LogP contribution in [0.25, 0.3) is 0 Å². The van der Waals surface area contributed by atoms with Crippen LogP contribution in [0.3, 0.4) is 0 Å². The molecule has 12 saturated heterocycles. The summed E-state index contributed by atoms with van der Waals surface area (Å²) in [6, 6.07) is 0. The molecular weight excluding hydrogens is 1880 g/mol. The van der Waals surface area contributed by atoms with Crippen molar-refractivity contribution in [3.63, 3.8) is 0 Å². The van der Waals surface area contributed by atoms with Crippen molar-refractivity contribution in [3.8, 4) is 0 Å². The van der Waals surface area contributed by atoms with Crippen LogP contribution >= 0.6 is 0 Å². The molecule has 0 aromatic carbocycles. The van der Waals surface area contributed by atoms with Crippen molar-refractivity contribution >= 4 is 5.78 Å². The molecule has 0 bridgehead atoms. The molecule has 12 aliphatic heterocycles. The molecule has 0 aromatic heterocycles. The summed E-state index contributed by atoms with van der Waals surface area (Å²) in [6.45, 7) is 4.83. The summed E-state index contributed by atoms with van der Waals surface area (Å²) in [7, 11) is 0. The van der Waals surface area contributed by atoms with Gasteiger partial charge < -0.3 is 258 Å². The first-order valence-corrected chi connectivity index (χ1v) is 46.1. The van der Waals surface area contributed by atoms with Gasteiger partial charge in [-0.1, -0.05) is 20.8 Å². The number of ketones is 1. The summed E-state index contributed by atoms with van der Waals surface area (Å²) in [5, 5.41) is 340. The molecule has 804 valence electrons. The quantitative estimate of drug-likeness (QED) is 0.0205. The third kappa shape index (κ3) is 24.3. The Morgan fingerprint density at radius 3 is 0.688 bits per heavy atom. The van der Waals surface area contributed by atoms with Gasteiger partial charge in [-0.05, 0) is 54.4 Å². The van der Waals surface area contributed by atoms with Crippen molar-refractivity contribution in [1.29, 1.82) is 0 Å². The minimum Gasteiger partial charge on any atom is -0.394 e. The lowest BCUT2D eigenvalue weighted by Gasteiger charge is -2.52. The van der Waals surface area contributed by atoms with E-state index in [0.717, 1.165) is 0 Å². The van der Waals surface area contributed by atoms with Gasteiger partial charge in [0.25, 0.3) is 5.97 Å². The zero-order chi connectivity index (χ0) is 101. The fraction of sp³-hybridized carbons (Fsp3) is 0.988. The second-order valence-corrected chi connectivity index (χ2v) is 37.4. The Kier molecular flexibility index (Phi) is 40.4. The van der Waals surface area contributed by atoms with Crippen LogP contribution in [0.15, 0.2) is 0 Å². The molecule has 0 amide bonds. The monoisotopic (exact) mass is 2020 g/mol. The van der Waals surface area contributed by atoms with Crippen molar-refractivity contribution in [2.75, 3.05) is 46.2 Å². The highest BCUT2D eigenvalue weighted by atomic mass is 17.0. The van der Waals surface area contributed by atoms with Crippen molar-refractivity contribution in [1.82, 2.24) is 0 Å². The summed E-state index contributed by atoms with van der Waals surface area (Å²) < 4.78 is 148. The summed E-state index contributed by atoms with van der Waals surface area (Å²) in [5.41, 5.74) is 5.77. The largest absolute Gasteiger partial charge is 0.394 e. The first-order valence-electron chi connectivity index (χ1n) is 46.1. The van der Waals surface area contributed by atoms with Crippen LogP contribution in [-0.2, 0) is 118 Å². The van der Waals surface area contributed by atoms with Crippen LogP contribution in [-0.4, -0.2) is 561 Å². The number of unbranched alkanes of at least 4 members (excludes halogenated alkanes) is 1. The molecule has 138 heavy (non-hydrogen) atoms. The Labute approximate surface area is 788 Å². The van der Waals surface area contributed by atoms with Gasteiger partial charge in [-0.3, -0.25) is 19.0 Å². The average Bonchev–Trinajstić information content (AvgIpc) is 0.766. The zero-order valence-corrected chi connectivity index (χ0v) is 76.6. The lowest BCUT2D eigenvalue weighted by Crippen LogP contribution is -2.68. The highest BCUT2D eigenvalue weighted by Gasteiger charge is 2.64. The minimum absolute atomic E-state index is 0.202. The number of aliphatic hydroxyl groups excluding tert-OH is 30. The lowest BCUT2D eigenvalue weighted by atomic mass is 9.91. The third-order valence-corrected chi connectivity index (χ3v) is 27.6. The highest BCUT2D eigenvalue weighted by Crippen LogP contribution is 2.46. The van der Waals surface area contributed by atoms with Gasteiger partial charge in [-0.15, -0.1) is 0 Å².